The zero-order valence-electron chi connectivity index (χ0n) is 46.7. The monoisotopic (exact) mass is 972 g/mol. The van der Waals surface area contributed by atoms with Gasteiger partial charge in [0.15, 0.2) is 0 Å². The van der Waals surface area contributed by atoms with E-state index in [2.05, 4.69) is 50.4 Å². The van der Waals surface area contributed by atoms with Gasteiger partial charge in [0, 0.05) is 6.42 Å². The number of ether oxygens (including phenoxy) is 1. The van der Waals surface area contributed by atoms with E-state index in [4.69, 9.17) is 4.74 Å². The molecule has 6 nitrogen and oxygen atoms in total. The van der Waals surface area contributed by atoms with Crippen molar-refractivity contribution in [1.82, 2.24) is 5.32 Å². The van der Waals surface area contributed by atoms with Crippen LogP contribution in [0.3, 0.4) is 0 Å². The fourth-order valence-corrected chi connectivity index (χ4v) is 9.78. The number of hydrogen-bond acceptors (Lipinski definition) is 5. The van der Waals surface area contributed by atoms with Crippen molar-refractivity contribution in [3.05, 3.63) is 24.3 Å². The van der Waals surface area contributed by atoms with Crippen molar-refractivity contribution in [3.8, 4) is 0 Å². The van der Waals surface area contributed by atoms with Gasteiger partial charge in [0.2, 0.25) is 5.91 Å². The van der Waals surface area contributed by atoms with Crippen LogP contribution in [0.25, 0.3) is 0 Å². The highest BCUT2D eigenvalue weighted by molar-refractivity contribution is 5.77. The topological polar surface area (TPSA) is 95.9 Å². The Bertz CT molecular complexity index is 1090. The van der Waals surface area contributed by atoms with Crippen molar-refractivity contribution in [1.29, 1.82) is 0 Å². The third kappa shape index (κ3) is 52.5. The summed E-state index contributed by atoms with van der Waals surface area (Å²) in [5.74, 6) is -0.470. The van der Waals surface area contributed by atoms with E-state index in [9.17, 15) is 19.8 Å². The van der Waals surface area contributed by atoms with E-state index >= 15 is 0 Å². The van der Waals surface area contributed by atoms with E-state index in [1.165, 1.54) is 238 Å². The van der Waals surface area contributed by atoms with Gasteiger partial charge in [-0.2, -0.15) is 0 Å². The number of esters is 1. The first kappa shape index (κ1) is 67.3. The zero-order valence-corrected chi connectivity index (χ0v) is 46.7. The van der Waals surface area contributed by atoms with Crippen LogP contribution in [0, 0.1) is 0 Å². The maximum absolute atomic E-state index is 13.3. The molecule has 0 heterocycles. The van der Waals surface area contributed by atoms with E-state index in [0.717, 1.165) is 57.8 Å². The van der Waals surface area contributed by atoms with Crippen molar-refractivity contribution in [2.24, 2.45) is 0 Å². The Morgan fingerprint density at radius 2 is 0.696 bits per heavy atom. The van der Waals surface area contributed by atoms with Crippen LogP contribution < -0.4 is 5.32 Å². The highest BCUT2D eigenvalue weighted by atomic mass is 16.5. The standard InChI is InChI=1S/C63H121NO5/c1-4-7-10-13-16-19-22-25-28-30-31-32-35-38-41-44-47-50-53-56-63(68)69-59(54-51-48-45-42-39-36-34-29-26-23-20-17-14-11-8-5-2)57-62(67)64-60(58-65)61(66)55-52-49-46-43-40-37-33-27-24-21-18-15-12-9-6-3/h25,28,36,39,59-61,65-66H,4-24,26-27,29-35,37-38,40-58H2,1-3H3,(H,64,67)/b28-25+,39-36+. The first-order valence-electron chi connectivity index (χ1n) is 31.1. The largest absolute Gasteiger partial charge is 0.462 e. The Morgan fingerprint density at radius 1 is 0.406 bits per heavy atom. The fourth-order valence-electron chi connectivity index (χ4n) is 9.78. The number of carbonyl (C=O) groups is 2. The molecular formula is C63H121NO5. The van der Waals surface area contributed by atoms with Gasteiger partial charge in [-0.3, -0.25) is 9.59 Å². The fraction of sp³-hybridized carbons (Fsp3) is 0.905. The molecule has 3 atom stereocenters. The Balaban J connectivity index is 4.52. The Labute approximate surface area is 431 Å². The molecule has 0 aliphatic carbocycles. The molecule has 0 saturated heterocycles. The van der Waals surface area contributed by atoms with Crippen LogP contribution in [-0.4, -0.2) is 46.9 Å². The molecule has 0 bridgehead atoms. The number of rotatable bonds is 57. The van der Waals surface area contributed by atoms with Crippen LogP contribution in [0.15, 0.2) is 24.3 Å². The summed E-state index contributed by atoms with van der Waals surface area (Å²) in [7, 11) is 0. The smallest absolute Gasteiger partial charge is 0.306 e. The summed E-state index contributed by atoms with van der Waals surface area (Å²) in [4.78, 5) is 26.3. The molecule has 3 N–H and O–H groups in total. The summed E-state index contributed by atoms with van der Waals surface area (Å²) in [6.45, 7) is 6.53. The van der Waals surface area contributed by atoms with Gasteiger partial charge in [-0.05, 0) is 77.0 Å². The average molecular weight is 973 g/mol. The maximum Gasteiger partial charge on any atom is 0.306 e. The van der Waals surface area contributed by atoms with Crippen LogP contribution >= 0.6 is 0 Å². The number of hydrogen-bond donors (Lipinski definition) is 3. The number of aliphatic hydroxyl groups excluding tert-OH is 2. The lowest BCUT2D eigenvalue weighted by atomic mass is 10.0. The SMILES string of the molecule is CCCCCCCC/C=C/CCCCCCCCCCCC(=O)OC(CCCCC/C=C/CCCCCCCCCCC)CC(=O)NC(CO)C(O)CCCCCCCCCCCCCCCCC. The summed E-state index contributed by atoms with van der Waals surface area (Å²) in [6.07, 6.45) is 68.2. The lowest BCUT2D eigenvalue weighted by Crippen LogP contribution is -2.46. The highest BCUT2D eigenvalue weighted by Crippen LogP contribution is 2.19. The molecular weight excluding hydrogens is 851 g/mol. The van der Waals surface area contributed by atoms with Gasteiger partial charge in [-0.1, -0.05) is 276 Å². The van der Waals surface area contributed by atoms with Crippen LogP contribution in [0.5, 0.6) is 0 Å². The first-order chi connectivity index (χ1) is 34.0. The van der Waals surface area contributed by atoms with Gasteiger partial charge < -0.3 is 20.3 Å². The predicted molar refractivity (Wildman–Crippen MR) is 301 cm³/mol. The zero-order chi connectivity index (χ0) is 50.2. The number of unbranched alkanes of at least 4 members (excludes halogenated alkanes) is 41. The number of allylic oxidation sites excluding steroid dienone is 4. The Kier molecular flexibility index (Phi) is 55.9. The molecule has 1 amide bonds. The van der Waals surface area contributed by atoms with Gasteiger partial charge in [0.25, 0.3) is 0 Å². The summed E-state index contributed by atoms with van der Waals surface area (Å²) in [5, 5.41) is 23.9. The predicted octanol–water partition coefficient (Wildman–Crippen LogP) is 19.4. The molecule has 0 rings (SSSR count). The summed E-state index contributed by atoms with van der Waals surface area (Å²) < 4.78 is 5.97. The van der Waals surface area contributed by atoms with Crippen LogP contribution in [-0.2, 0) is 14.3 Å². The molecule has 0 aromatic carbocycles. The molecule has 6 heteroatoms. The second kappa shape index (κ2) is 57.2. The molecule has 0 aromatic heterocycles. The van der Waals surface area contributed by atoms with E-state index in [0.29, 0.717) is 19.3 Å². The minimum absolute atomic E-state index is 0.0715. The highest BCUT2D eigenvalue weighted by Gasteiger charge is 2.24. The van der Waals surface area contributed by atoms with Gasteiger partial charge >= 0.3 is 5.97 Å². The quantitative estimate of drug-likeness (QED) is 0.0321. The average Bonchev–Trinajstić information content (AvgIpc) is 3.34. The number of nitrogens with one attached hydrogen (secondary N) is 1. The molecule has 69 heavy (non-hydrogen) atoms. The van der Waals surface area contributed by atoms with Gasteiger partial charge in [0.05, 0.1) is 25.2 Å². The molecule has 0 spiro atoms. The third-order valence-corrected chi connectivity index (χ3v) is 14.5. The number of amides is 1. The molecule has 0 radical (unpaired) electrons. The van der Waals surface area contributed by atoms with Crippen molar-refractivity contribution in [2.45, 2.75) is 360 Å². The first-order valence-corrected chi connectivity index (χ1v) is 31.1. The molecule has 3 unspecified atom stereocenters. The molecule has 0 aliphatic rings. The maximum atomic E-state index is 13.3. The molecule has 0 saturated carbocycles. The lowest BCUT2D eigenvalue weighted by molar-refractivity contribution is -0.151. The van der Waals surface area contributed by atoms with E-state index in [1.54, 1.807) is 0 Å². The van der Waals surface area contributed by atoms with Crippen LogP contribution in [0.2, 0.25) is 0 Å². The van der Waals surface area contributed by atoms with E-state index < -0.39 is 18.2 Å². The van der Waals surface area contributed by atoms with Crippen molar-refractivity contribution >= 4 is 11.9 Å². The number of aliphatic hydroxyl groups is 2. The van der Waals surface area contributed by atoms with Crippen molar-refractivity contribution in [2.75, 3.05) is 6.61 Å². The summed E-state index contributed by atoms with van der Waals surface area (Å²) >= 11 is 0. The van der Waals surface area contributed by atoms with Gasteiger partial charge in [-0.25, -0.2) is 0 Å². The lowest BCUT2D eigenvalue weighted by Gasteiger charge is -2.24. The minimum Gasteiger partial charge on any atom is -0.462 e. The van der Waals surface area contributed by atoms with Crippen LogP contribution in [0.1, 0.15) is 342 Å². The minimum atomic E-state index is -0.790. The van der Waals surface area contributed by atoms with Crippen molar-refractivity contribution < 1.29 is 24.5 Å². The Hall–Kier alpha value is -1.66. The van der Waals surface area contributed by atoms with E-state index in [1.807, 2.05) is 0 Å². The molecule has 0 aliphatic heterocycles. The number of carbonyl (C=O) groups excluding carboxylic acids is 2. The molecule has 408 valence electrons. The van der Waals surface area contributed by atoms with E-state index in [-0.39, 0.29) is 24.9 Å². The Morgan fingerprint density at radius 3 is 1.04 bits per heavy atom. The van der Waals surface area contributed by atoms with Gasteiger partial charge in [0.1, 0.15) is 6.10 Å². The summed E-state index contributed by atoms with van der Waals surface area (Å²) in [6, 6.07) is -0.704. The van der Waals surface area contributed by atoms with Crippen molar-refractivity contribution in [3.63, 3.8) is 0 Å². The normalized spacial score (nSPS) is 13.2. The second-order valence-corrected chi connectivity index (χ2v) is 21.5. The second-order valence-electron chi connectivity index (χ2n) is 21.5. The van der Waals surface area contributed by atoms with Crippen LogP contribution in [0.4, 0.5) is 0 Å². The molecule has 0 aromatic rings. The van der Waals surface area contributed by atoms with Gasteiger partial charge in [-0.15, -0.1) is 0 Å². The molecule has 0 fully saturated rings. The third-order valence-electron chi connectivity index (χ3n) is 14.5. The summed E-state index contributed by atoms with van der Waals surface area (Å²) in [5.41, 5.74) is 0.